The molecule has 0 radical (unpaired) electrons. The van der Waals surface area contributed by atoms with Crippen molar-refractivity contribution in [3.8, 4) is 21.7 Å². The van der Waals surface area contributed by atoms with Crippen LogP contribution in [-0.4, -0.2) is 9.97 Å². The van der Waals surface area contributed by atoms with Crippen LogP contribution in [-0.2, 0) is 5.41 Å². The van der Waals surface area contributed by atoms with E-state index in [1.807, 2.05) is 36.5 Å². The lowest BCUT2D eigenvalue weighted by molar-refractivity contribution is 0.591. The molecule has 0 bridgehead atoms. The van der Waals surface area contributed by atoms with Crippen LogP contribution in [0.2, 0.25) is 0 Å². The molecule has 4 heteroatoms. The molecule has 0 amide bonds. The van der Waals surface area contributed by atoms with Gasteiger partial charge in [-0.2, -0.15) is 0 Å². The van der Waals surface area contributed by atoms with Crippen LogP contribution in [0, 0.1) is 0 Å². The van der Waals surface area contributed by atoms with Crippen molar-refractivity contribution >= 4 is 38.1 Å². The molecule has 2 aromatic heterocycles. The van der Waals surface area contributed by atoms with Crippen molar-refractivity contribution in [2.24, 2.45) is 0 Å². The second-order valence-corrected chi connectivity index (χ2v) is 9.64. The number of rotatable bonds is 2. The molecule has 3 nitrogen and oxygen atoms in total. The number of nitrogens with two attached hydrogens (primary N) is 1. The minimum atomic E-state index is 0.0247. The van der Waals surface area contributed by atoms with E-state index in [-0.39, 0.29) is 5.41 Å². The maximum absolute atomic E-state index is 6.25. The highest BCUT2D eigenvalue weighted by Crippen LogP contribution is 2.41. The lowest BCUT2D eigenvalue weighted by atomic mass is 9.85. The van der Waals surface area contributed by atoms with Crippen LogP contribution in [0.15, 0.2) is 72.9 Å². The van der Waals surface area contributed by atoms with E-state index in [0.29, 0.717) is 0 Å². The normalized spacial score (nSPS) is 12.0. The number of nitrogens with zero attached hydrogens (tertiary/aromatic N) is 2. The van der Waals surface area contributed by atoms with E-state index < -0.39 is 0 Å². The van der Waals surface area contributed by atoms with E-state index in [1.54, 1.807) is 11.3 Å². The fourth-order valence-electron chi connectivity index (χ4n) is 3.80. The van der Waals surface area contributed by atoms with Gasteiger partial charge in [-0.25, -0.2) is 4.98 Å². The molecule has 2 heterocycles. The van der Waals surface area contributed by atoms with Crippen molar-refractivity contribution in [2.45, 2.75) is 26.2 Å². The van der Waals surface area contributed by atoms with Gasteiger partial charge in [-0.05, 0) is 41.3 Å². The Bertz CT molecular complexity index is 1390. The number of hydrogen-bond acceptors (Lipinski definition) is 4. The van der Waals surface area contributed by atoms with Crippen molar-refractivity contribution in [2.75, 3.05) is 5.73 Å². The summed E-state index contributed by atoms with van der Waals surface area (Å²) in [5.41, 5.74) is 13.5. The van der Waals surface area contributed by atoms with Gasteiger partial charge in [0.25, 0.3) is 0 Å². The quantitative estimate of drug-likeness (QED) is 0.318. The van der Waals surface area contributed by atoms with E-state index in [4.69, 9.17) is 15.7 Å². The first-order valence-corrected chi connectivity index (χ1v) is 10.9. The van der Waals surface area contributed by atoms with Gasteiger partial charge in [0.05, 0.1) is 15.7 Å². The number of hydrogen-bond donors (Lipinski definition) is 1. The number of nitrogen functional groups attached to an aromatic ring is 1. The van der Waals surface area contributed by atoms with Gasteiger partial charge in [0.2, 0.25) is 0 Å². The maximum atomic E-state index is 6.25. The van der Waals surface area contributed by atoms with Crippen LogP contribution in [0.25, 0.3) is 42.8 Å². The zero-order valence-electron chi connectivity index (χ0n) is 17.3. The molecule has 0 fully saturated rings. The molecule has 0 aliphatic heterocycles. The largest absolute Gasteiger partial charge is 0.398 e. The average molecular weight is 410 g/mol. The highest BCUT2D eigenvalue weighted by atomic mass is 32.1. The molecule has 0 unspecified atom stereocenters. The SMILES string of the molecule is CC(C)(C)c1cc(-c2cccc3cccnc23)c2nc(-c3ccccc3N)sc2c1. The molecule has 0 atom stereocenters. The summed E-state index contributed by atoms with van der Waals surface area (Å²) in [4.78, 5) is 9.75. The Hall–Kier alpha value is -3.24. The zero-order chi connectivity index (χ0) is 20.9. The Balaban J connectivity index is 1.85. The molecule has 0 spiro atoms. The molecule has 5 rings (SSSR count). The van der Waals surface area contributed by atoms with Gasteiger partial charge < -0.3 is 5.73 Å². The summed E-state index contributed by atoms with van der Waals surface area (Å²) in [7, 11) is 0. The summed E-state index contributed by atoms with van der Waals surface area (Å²) in [5, 5.41) is 2.08. The average Bonchev–Trinajstić information content (AvgIpc) is 3.16. The molecular formula is C26H23N3S. The molecule has 5 aromatic rings. The standard InChI is InChI=1S/C26H23N3S/c1-26(2,3)17-14-20(18-11-6-8-16-9-7-13-28-23(16)18)24-22(15-17)30-25(29-24)19-10-4-5-12-21(19)27/h4-15H,27H2,1-3H3. The molecule has 3 aromatic carbocycles. The van der Waals surface area contributed by atoms with Crippen LogP contribution in [0.3, 0.4) is 0 Å². The van der Waals surface area contributed by atoms with E-state index in [1.165, 1.54) is 10.3 Å². The number of benzene rings is 3. The Morgan fingerprint density at radius 3 is 2.37 bits per heavy atom. The lowest BCUT2D eigenvalue weighted by Crippen LogP contribution is -2.11. The van der Waals surface area contributed by atoms with Gasteiger partial charge in [-0.1, -0.05) is 57.2 Å². The van der Waals surface area contributed by atoms with E-state index in [2.05, 4.69) is 57.2 Å². The van der Waals surface area contributed by atoms with Crippen LogP contribution >= 0.6 is 11.3 Å². The predicted molar refractivity (Wildman–Crippen MR) is 129 cm³/mol. The Morgan fingerprint density at radius 1 is 0.800 bits per heavy atom. The van der Waals surface area contributed by atoms with Crippen LogP contribution in [0.4, 0.5) is 5.69 Å². The number of fused-ring (bicyclic) bond motifs is 2. The fourth-order valence-corrected chi connectivity index (χ4v) is 4.88. The summed E-state index contributed by atoms with van der Waals surface area (Å²) >= 11 is 1.70. The topological polar surface area (TPSA) is 51.8 Å². The molecule has 0 aliphatic rings. The van der Waals surface area contributed by atoms with Crippen LogP contribution in [0.5, 0.6) is 0 Å². The smallest absolute Gasteiger partial charge is 0.126 e. The van der Waals surface area contributed by atoms with Crippen molar-refractivity contribution < 1.29 is 0 Å². The number of pyridine rings is 1. The summed E-state index contributed by atoms with van der Waals surface area (Å²) < 4.78 is 1.17. The first-order valence-electron chi connectivity index (χ1n) is 10.1. The molecule has 30 heavy (non-hydrogen) atoms. The summed E-state index contributed by atoms with van der Waals surface area (Å²) in [6, 6.07) is 22.9. The number of thiazole rings is 1. The molecular weight excluding hydrogens is 386 g/mol. The number of aromatic nitrogens is 2. The summed E-state index contributed by atoms with van der Waals surface area (Å²) in [5.74, 6) is 0. The second kappa shape index (κ2) is 6.92. The van der Waals surface area contributed by atoms with Gasteiger partial charge in [-0.3, -0.25) is 4.98 Å². The summed E-state index contributed by atoms with van der Waals surface area (Å²) in [6.07, 6.45) is 1.85. The molecule has 148 valence electrons. The Labute approximate surface area is 180 Å². The monoisotopic (exact) mass is 409 g/mol. The third-order valence-electron chi connectivity index (χ3n) is 5.48. The van der Waals surface area contributed by atoms with Crippen molar-refractivity contribution in [1.29, 1.82) is 0 Å². The minimum absolute atomic E-state index is 0.0247. The van der Waals surface area contributed by atoms with Gasteiger partial charge in [0, 0.05) is 34.0 Å². The predicted octanol–water partition coefficient (Wildman–Crippen LogP) is 7.06. The van der Waals surface area contributed by atoms with E-state index >= 15 is 0 Å². The second-order valence-electron chi connectivity index (χ2n) is 8.61. The van der Waals surface area contributed by atoms with E-state index in [9.17, 15) is 0 Å². The van der Waals surface area contributed by atoms with Crippen LogP contribution < -0.4 is 5.73 Å². The Morgan fingerprint density at radius 2 is 1.57 bits per heavy atom. The Kier molecular flexibility index (Phi) is 4.33. The van der Waals surface area contributed by atoms with Gasteiger partial charge in [0.15, 0.2) is 0 Å². The number of anilines is 1. The molecule has 0 saturated carbocycles. The minimum Gasteiger partial charge on any atom is -0.398 e. The highest BCUT2D eigenvalue weighted by molar-refractivity contribution is 7.21. The molecule has 0 aliphatic carbocycles. The van der Waals surface area contributed by atoms with Gasteiger partial charge in [-0.15, -0.1) is 11.3 Å². The van der Waals surface area contributed by atoms with Crippen molar-refractivity contribution in [3.63, 3.8) is 0 Å². The summed E-state index contributed by atoms with van der Waals surface area (Å²) in [6.45, 7) is 6.74. The zero-order valence-corrected chi connectivity index (χ0v) is 18.1. The fraction of sp³-hybridized carbons (Fsp3) is 0.154. The first-order chi connectivity index (χ1) is 14.4. The van der Waals surface area contributed by atoms with Crippen molar-refractivity contribution in [3.05, 3.63) is 78.5 Å². The van der Waals surface area contributed by atoms with Gasteiger partial charge >= 0.3 is 0 Å². The van der Waals surface area contributed by atoms with Crippen molar-refractivity contribution in [1.82, 2.24) is 9.97 Å². The molecule has 2 N–H and O–H groups in total. The molecule has 0 saturated heterocycles. The third-order valence-corrected chi connectivity index (χ3v) is 6.51. The highest BCUT2D eigenvalue weighted by Gasteiger charge is 2.21. The third kappa shape index (κ3) is 3.14. The van der Waals surface area contributed by atoms with Crippen LogP contribution in [0.1, 0.15) is 26.3 Å². The maximum Gasteiger partial charge on any atom is 0.126 e. The van der Waals surface area contributed by atoms with E-state index in [0.717, 1.165) is 43.8 Å². The lowest BCUT2D eigenvalue weighted by Gasteiger charge is -2.20. The first kappa shape index (κ1) is 18.8. The number of para-hydroxylation sites is 2. The van der Waals surface area contributed by atoms with Gasteiger partial charge in [0.1, 0.15) is 5.01 Å².